The van der Waals surface area contributed by atoms with E-state index in [2.05, 4.69) is 15.5 Å². The lowest BCUT2D eigenvalue weighted by Gasteiger charge is -2.06. The van der Waals surface area contributed by atoms with Crippen LogP contribution in [0.1, 0.15) is 10.4 Å². The van der Waals surface area contributed by atoms with E-state index in [0.717, 1.165) is 0 Å². The number of amides is 1. The van der Waals surface area contributed by atoms with Gasteiger partial charge in [0.25, 0.3) is 11.6 Å². The first-order valence-electron chi connectivity index (χ1n) is 7.11. The van der Waals surface area contributed by atoms with Crippen LogP contribution in [-0.4, -0.2) is 28.1 Å². The van der Waals surface area contributed by atoms with Gasteiger partial charge in [-0.2, -0.15) is 0 Å². The van der Waals surface area contributed by atoms with E-state index in [-0.39, 0.29) is 17.6 Å². The molecule has 0 aliphatic carbocycles. The van der Waals surface area contributed by atoms with Gasteiger partial charge in [0, 0.05) is 17.7 Å². The van der Waals surface area contributed by atoms with Gasteiger partial charge in [-0.25, -0.2) is 0 Å². The van der Waals surface area contributed by atoms with Crippen LogP contribution in [-0.2, 0) is 0 Å². The first kappa shape index (κ1) is 16.1. The summed E-state index contributed by atoms with van der Waals surface area (Å²) in [6, 6.07) is 12.3. The van der Waals surface area contributed by atoms with Gasteiger partial charge in [0.05, 0.1) is 17.6 Å². The fraction of sp³-hybridized carbons (Fsp3) is 0.0625. The Hall–Kier alpha value is -3.75. The van der Waals surface area contributed by atoms with Crippen molar-refractivity contribution in [1.82, 2.24) is 10.2 Å². The fourth-order valence-electron chi connectivity index (χ4n) is 2.14. The summed E-state index contributed by atoms with van der Waals surface area (Å²) in [7, 11) is 1.46. The van der Waals surface area contributed by atoms with Gasteiger partial charge in [0.15, 0.2) is 0 Å². The average Bonchev–Trinajstić information content (AvgIpc) is 3.10. The molecule has 0 aliphatic heterocycles. The number of non-ortho nitro benzene ring substituents is 1. The van der Waals surface area contributed by atoms with Crippen LogP contribution in [0.3, 0.4) is 0 Å². The van der Waals surface area contributed by atoms with Crippen molar-refractivity contribution in [2.24, 2.45) is 0 Å². The highest BCUT2D eigenvalue weighted by Gasteiger charge is 2.17. The minimum Gasteiger partial charge on any atom is -0.496 e. The molecule has 0 aliphatic rings. The van der Waals surface area contributed by atoms with Gasteiger partial charge >= 0.3 is 6.01 Å². The second-order valence-electron chi connectivity index (χ2n) is 4.87. The first-order chi connectivity index (χ1) is 12.1. The molecule has 0 atom stereocenters. The monoisotopic (exact) mass is 340 g/mol. The third-order valence-electron chi connectivity index (χ3n) is 3.30. The topological polar surface area (TPSA) is 120 Å². The van der Waals surface area contributed by atoms with Crippen molar-refractivity contribution in [2.45, 2.75) is 0 Å². The summed E-state index contributed by atoms with van der Waals surface area (Å²) in [6.45, 7) is 0. The molecule has 1 aromatic heterocycles. The van der Waals surface area contributed by atoms with E-state index in [0.29, 0.717) is 16.9 Å². The Morgan fingerprint density at radius 3 is 2.76 bits per heavy atom. The summed E-state index contributed by atoms with van der Waals surface area (Å²) in [6.07, 6.45) is 0. The van der Waals surface area contributed by atoms with E-state index in [1.807, 2.05) is 0 Å². The van der Waals surface area contributed by atoms with Gasteiger partial charge in [-0.15, -0.1) is 5.10 Å². The predicted molar refractivity (Wildman–Crippen MR) is 87.3 cm³/mol. The van der Waals surface area contributed by atoms with Gasteiger partial charge in [0.2, 0.25) is 5.89 Å². The third kappa shape index (κ3) is 3.44. The molecule has 0 saturated carbocycles. The Labute approximate surface area is 141 Å². The number of nitro groups is 1. The quantitative estimate of drug-likeness (QED) is 0.560. The molecule has 2 aromatic carbocycles. The van der Waals surface area contributed by atoms with E-state index in [4.69, 9.17) is 9.15 Å². The molecule has 9 nitrogen and oxygen atoms in total. The van der Waals surface area contributed by atoms with Crippen LogP contribution in [0, 0.1) is 10.1 Å². The standard InChI is InChI=1S/C16H12N4O5/c1-24-13-8-3-2-7-12(13)14(21)17-16-19-18-15(25-16)10-5-4-6-11(9-10)20(22)23/h2-9H,1H3,(H,17,19,21). The molecule has 3 rings (SSSR count). The second kappa shape index (κ2) is 6.79. The highest BCUT2D eigenvalue weighted by Crippen LogP contribution is 2.24. The van der Waals surface area contributed by atoms with Crippen molar-refractivity contribution in [3.63, 3.8) is 0 Å². The Kier molecular flexibility index (Phi) is 4.38. The molecular formula is C16H12N4O5. The van der Waals surface area contributed by atoms with Crippen LogP contribution in [0.2, 0.25) is 0 Å². The third-order valence-corrected chi connectivity index (χ3v) is 3.30. The average molecular weight is 340 g/mol. The maximum atomic E-state index is 12.3. The molecule has 3 aromatic rings. The van der Waals surface area contributed by atoms with Crippen LogP contribution < -0.4 is 10.1 Å². The number of aromatic nitrogens is 2. The van der Waals surface area contributed by atoms with Gasteiger partial charge in [-0.3, -0.25) is 20.2 Å². The van der Waals surface area contributed by atoms with Crippen molar-refractivity contribution >= 4 is 17.6 Å². The molecule has 1 amide bonds. The van der Waals surface area contributed by atoms with Crippen molar-refractivity contribution in [1.29, 1.82) is 0 Å². The molecule has 0 fully saturated rings. The van der Waals surface area contributed by atoms with Crippen molar-refractivity contribution in [3.8, 4) is 17.2 Å². The number of nitro benzene ring substituents is 1. The van der Waals surface area contributed by atoms with Crippen LogP contribution in [0.4, 0.5) is 11.7 Å². The molecule has 1 N–H and O–H groups in total. The highest BCUT2D eigenvalue weighted by molar-refractivity contribution is 6.05. The lowest BCUT2D eigenvalue weighted by molar-refractivity contribution is -0.384. The highest BCUT2D eigenvalue weighted by atomic mass is 16.6. The Morgan fingerprint density at radius 1 is 1.20 bits per heavy atom. The Balaban J connectivity index is 1.81. The molecule has 0 bridgehead atoms. The number of nitrogens with zero attached hydrogens (tertiary/aromatic N) is 3. The number of nitrogens with one attached hydrogen (secondary N) is 1. The molecule has 0 spiro atoms. The number of benzene rings is 2. The van der Waals surface area contributed by atoms with Gasteiger partial charge in [0.1, 0.15) is 5.75 Å². The normalized spacial score (nSPS) is 10.3. The van der Waals surface area contributed by atoms with E-state index >= 15 is 0 Å². The minimum atomic E-state index is -0.524. The number of methoxy groups -OCH3 is 1. The minimum absolute atomic E-state index is 0.0547. The largest absolute Gasteiger partial charge is 0.496 e. The number of hydrogen-bond donors (Lipinski definition) is 1. The second-order valence-corrected chi connectivity index (χ2v) is 4.87. The molecule has 25 heavy (non-hydrogen) atoms. The predicted octanol–water partition coefficient (Wildman–Crippen LogP) is 2.91. The van der Waals surface area contributed by atoms with Gasteiger partial charge < -0.3 is 9.15 Å². The summed E-state index contributed by atoms with van der Waals surface area (Å²) in [5, 5.41) is 20.8. The molecule has 126 valence electrons. The fourth-order valence-corrected chi connectivity index (χ4v) is 2.14. The molecular weight excluding hydrogens is 328 g/mol. The summed E-state index contributed by atoms with van der Waals surface area (Å²) in [5.74, 6) is -0.0239. The van der Waals surface area contributed by atoms with Crippen LogP contribution >= 0.6 is 0 Å². The smallest absolute Gasteiger partial charge is 0.322 e. The molecule has 0 radical (unpaired) electrons. The van der Waals surface area contributed by atoms with E-state index < -0.39 is 10.8 Å². The van der Waals surface area contributed by atoms with Gasteiger partial charge in [-0.1, -0.05) is 23.3 Å². The Morgan fingerprint density at radius 2 is 2.00 bits per heavy atom. The number of anilines is 1. The molecule has 9 heteroatoms. The van der Waals surface area contributed by atoms with Crippen LogP contribution in [0.5, 0.6) is 5.75 Å². The maximum absolute atomic E-state index is 12.3. The van der Waals surface area contributed by atoms with Gasteiger partial charge in [-0.05, 0) is 18.2 Å². The molecule has 1 heterocycles. The number of carbonyl (C=O) groups excluding carboxylic acids is 1. The summed E-state index contributed by atoms with van der Waals surface area (Å²) in [5.41, 5.74) is 0.579. The lowest BCUT2D eigenvalue weighted by atomic mass is 10.2. The summed E-state index contributed by atoms with van der Waals surface area (Å²) in [4.78, 5) is 22.6. The van der Waals surface area contributed by atoms with E-state index in [1.165, 1.54) is 25.3 Å². The zero-order chi connectivity index (χ0) is 17.8. The summed E-state index contributed by atoms with van der Waals surface area (Å²) < 4.78 is 10.5. The number of carbonyl (C=O) groups is 1. The van der Waals surface area contributed by atoms with Crippen LogP contribution in [0.25, 0.3) is 11.5 Å². The van der Waals surface area contributed by atoms with E-state index in [9.17, 15) is 14.9 Å². The summed E-state index contributed by atoms with van der Waals surface area (Å²) >= 11 is 0. The Bertz CT molecular complexity index is 938. The zero-order valence-corrected chi connectivity index (χ0v) is 13.0. The SMILES string of the molecule is COc1ccccc1C(=O)Nc1nnc(-c2cccc([N+](=O)[O-])c2)o1. The van der Waals surface area contributed by atoms with Crippen molar-refractivity contribution < 1.29 is 18.9 Å². The first-order valence-corrected chi connectivity index (χ1v) is 7.11. The molecule has 0 unspecified atom stereocenters. The lowest BCUT2D eigenvalue weighted by Crippen LogP contribution is -2.13. The number of hydrogen-bond acceptors (Lipinski definition) is 7. The van der Waals surface area contributed by atoms with Crippen molar-refractivity contribution in [3.05, 3.63) is 64.2 Å². The zero-order valence-electron chi connectivity index (χ0n) is 13.0. The molecule has 0 saturated heterocycles. The number of rotatable bonds is 5. The number of para-hydroxylation sites is 1. The number of ether oxygens (including phenoxy) is 1. The van der Waals surface area contributed by atoms with Crippen LogP contribution in [0.15, 0.2) is 52.9 Å². The van der Waals surface area contributed by atoms with Crippen molar-refractivity contribution in [2.75, 3.05) is 12.4 Å². The van der Waals surface area contributed by atoms with E-state index in [1.54, 1.807) is 30.3 Å². The maximum Gasteiger partial charge on any atom is 0.322 e.